The van der Waals surface area contributed by atoms with Gasteiger partial charge in [-0.15, -0.1) is 0 Å². The fourth-order valence-electron chi connectivity index (χ4n) is 3.44. The SMILES string of the molecule is NC1c2ccccc2CC1N1CCn2ccnc2C1. The van der Waals surface area contributed by atoms with Crippen LogP contribution in [0.3, 0.4) is 0 Å². The molecular weight excluding hydrogens is 236 g/mol. The van der Waals surface area contributed by atoms with E-state index in [4.69, 9.17) is 5.73 Å². The van der Waals surface area contributed by atoms with Crippen LogP contribution in [0.4, 0.5) is 0 Å². The Morgan fingerprint density at radius 3 is 3.00 bits per heavy atom. The molecule has 0 radical (unpaired) electrons. The van der Waals surface area contributed by atoms with Crippen LogP contribution in [0.1, 0.15) is 23.0 Å². The minimum Gasteiger partial charge on any atom is -0.333 e. The molecule has 2 unspecified atom stereocenters. The van der Waals surface area contributed by atoms with Crippen molar-refractivity contribution >= 4 is 0 Å². The van der Waals surface area contributed by atoms with E-state index in [9.17, 15) is 0 Å². The van der Waals surface area contributed by atoms with Gasteiger partial charge in [-0.1, -0.05) is 24.3 Å². The predicted molar refractivity (Wildman–Crippen MR) is 73.5 cm³/mol. The van der Waals surface area contributed by atoms with Crippen LogP contribution in [0.25, 0.3) is 0 Å². The second-order valence-electron chi connectivity index (χ2n) is 5.50. The molecule has 1 aliphatic carbocycles. The maximum absolute atomic E-state index is 6.45. The van der Waals surface area contributed by atoms with Gasteiger partial charge < -0.3 is 10.3 Å². The van der Waals surface area contributed by atoms with Crippen LogP contribution in [-0.2, 0) is 19.5 Å². The van der Waals surface area contributed by atoms with E-state index in [2.05, 4.69) is 44.9 Å². The quantitative estimate of drug-likeness (QED) is 0.835. The maximum Gasteiger partial charge on any atom is 0.122 e. The third kappa shape index (κ3) is 1.71. The summed E-state index contributed by atoms with van der Waals surface area (Å²) >= 11 is 0. The molecule has 2 atom stereocenters. The van der Waals surface area contributed by atoms with Gasteiger partial charge in [-0.2, -0.15) is 0 Å². The second-order valence-corrected chi connectivity index (χ2v) is 5.50. The topological polar surface area (TPSA) is 47.1 Å². The molecule has 19 heavy (non-hydrogen) atoms. The summed E-state index contributed by atoms with van der Waals surface area (Å²) in [4.78, 5) is 6.93. The first kappa shape index (κ1) is 11.2. The van der Waals surface area contributed by atoms with Crippen molar-refractivity contribution in [3.8, 4) is 0 Å². The maximum atomic E-state index is 6.45. The van der Waals surface area contributed by atoms with Gasteiger partial charge in [0, 0.05) is 37.6 Å². The third-order valence-corrected chi connectivity index (χ3v) is 4.50. The van der Waals surface area contributed by atoms with Gasteiger partial charge in [0.05, 0.1) is 6.54 Å². The fourth-order valence-corrected chi connectivity index (χ4v) is 3.44. The molecule has 1 aromatic carbocycles. The zero-order valence-electron chi connectivity index (χ0n) is 10.9. The first-order valence-electron chi connectivity index (χ1n) is 6.90. The molecular formula is C15H18N4. The Morgan fingerprint density at radius 2 is 2.11 bits per heavy atom. The Morgan fingerprint density at radius 1 is 1.21 bits per heavy atom. The fraction of sp³-hybridized carbons (Fsp3) is 0.400. The average molecular weight is 254 g/mol. The van der Waals surface area contributed by atoms with E-state index < -0.39 is 0 Å². The summed E-state index contributed by atoms with van der Waals surface area (Å²) in [5.74, 6) is 1.16. The number of hydrogen-bond donors (Lipinski definition) is 1. The van der Waals surface area contributed by atoms with E-state index >= 15 is 0 Å². The molecule has 2 aromatic rings. The summed E-state index contributed by atoms with van der Waals surface area (Å²) in [6.07, 6.45) is 5.02. The summed E-state index contributed by atoms with van der Waals surface area (Å²) in [6, 6.07) is 9.13. The predicted octanol–water partition coefficient (Wildman–Crippen LogP) is 1.32. The molecule has 98 valence electrons. The molecule has 0 saturated heterocycles. The van der Waals surface area contributed by atoms with Gasteiger partial charge in [0.15, 0.2) is 0 Å². The van der Waals surface area contributed by atoms with Gasteiger partial charge in [-0.3, -0.25) is 4.90 Å². The van der Waals surface area contributed by atoms with Crippen LogP contribution in [-0.4, -0.2) is 27.0 Å². The zero-order chi connectivity index (χ0) is 12.8. The Bertz CT molecular complexity index is 604. The zero-order valence-corrected chi connectivity index (χ0v) is 10.9. The number of nitrogens with zero attached hydrogens (tertiary/aromatic N) is 3. The van der Waals surface area contributed by atoms with Gasteiger partial charge >= 0.3 is 0 Å². The Kier molecular flexibility index (Phi) is 2.47. The highest BCUT2D eigenvalue weighted by Crippen LogP contribution is 2.33. The summed E-state index contributed by atoms with van der Waals surface area (Å²) in [5.41, 5.74) is 9.18. The Balaban J connectivity index is 1.60. The lowest BCUT2D eigenvalue weighted by molar-refractivity contribution is 0.139. The van der Waals surface area contributed by atoms with Crippen molar-refractivity contribution in [3.63, 3.8) is 0 Å². The minimum atomic E-state index is 0.137. The van der Waals surface area contributed by atoms with Crippen molar-refractivity contribution < 1.29 is 0 Å². The van der Waals surface area contributed by atoms with Crippen molar-refractivity contribution in [2.24, 2.45) is 5.73 Å². The monoisotopic (exact) mass is 254 g/mol. The number of nitrogens with two attached hydrogens (primary N) is 1. The Hall–Kier alpha value is -1.65. The van der Waals surface area contributed by atoms with Gasteiger partial charge in [-0.05, 0) is 17.5 Å². The second kappa shape index (κ2) is 4.18. The van der Waals surface area contributed by atoms with Gasteiger partial charge in [-0.25, -0.2) is 4.98 Å². The summed E-state index contributed by atoms with van der Waals surface area (Å²) in [5, 5.41) is 0. The highest BCUT2D eigenvalue weighted by molar-refractivity contribution is 5.37. The molecule has 0 amide bonds. The van der Waals surface area contributed by atoms with Crippen molar-refractivity contribution in [1.29, 1.82) is 0 Å². The van der Waals surface area contributed by atoms with Crippen molar-refractivity contribution in [1.82, 2.24) is 14.5 Å². The number of rotatable bonds is 1. The van der Waals surface area contributed by atoms with E-state index in [1.165, 1.54) is 11.1 Å². The van der Waals surface area contributed by atoms with E-state index in [1.54, 1.807) is 0 Å². The van der Waals surface area contributed by atoms with E-state index in [0.717, 1.165) is 31.9 Å². The summed E-state index contributed by atoms with van der Waals surface area (Å²) in [7, 11) is 0. The molecule has 2 aliphatic rings. The van der Waals surface area contributed by atoms with Crippen molar-refractivity contribution in [2.45, 2.75) is 31.6 Å². The van der Waals surface area contributed by atoms with Crippen LogP contribution in [0, 0.1) is 0 Å². The highest BCUT2D eigenvalue weighted by Gasteiger charge is 2.35. The molecule has 4 heteroatoms. The van der Waals surface area contributed by atoms with Gasteiger partial charge in [0.2, 0.25) is 0 Å². The van der Waals surface area contributed by atoms with E-state index in [-0.39, 0.29) is 6.04 Å². The molecule has 1 aliphatic heterocycles. The third-order valence-electron chi connectivity index (χ3n) is 4.50. The Labute approximate surface area is 112 Å². The average Bonchev–Trinajstić information content (AvgIpc) is 3.03. The molecule has 0 fully saturated rings. The van der Waals surface area contributed by atoms with Gasteiger partial charge in [0.1, 0.15) is 5.82 Å². The van der Waals surface area contributed by atoms with Crippen molar-refractivity contribution in [3.05, 3.63) is 53.6 Å². The van der Waals surface area contributed by atoms with Gasteiger partial charge in [0.25, 0.3) is 0 Å². The lowest BCUT2D eigenvalue weighted by atomic mass is 10.1. The van der Waals surface area contributed by atoms with E-state index in [1.807, 2.05) is 6.20 Å². The molecule has 1 aromatic heterocycles. The number of hydrogen-bond acceptors (Lipinski definition) is 3. The van der Waals surface area contributed by atoms with E-state index in [0.29, 0.717) is 6.04 Å². The van der Waals surface area contributed by atoms with Crippen LogP contribution in [0.5, 0.6) is 0 Å². The molecule has 4 rings (SSSR count). The number of fused-ring (bicyclic) bond motifs is 2. The number of imidazole rings is 1. The van der Waals surface area contributed by atoms with Crippen LogP contribution >= 0.6 is 0 Å². The molecule has 0 spiro atoms. The normalized spacial score (nSPS) is 26.2. The largest absolute Gasteiger partial charge is 0.333 e. The molecule has 0 bridgehead atoms. The highest BCUT2D eigenvalue weighted by atomic mass is 15.3. The van der Waals surface area contributed by atoms with Crippen LogP contribution in [0.2, 0.25) is 0 Å². The number of aromatic nitrogens is 2. The first-order valence-corrected chi connectivity index (χ1v) is 6.90. The molecule has 4 nitrogen and oxygen atoms in total. The minimum absolute atomic E-state index is 0.137. The van der Waals surface area contributed by atoms with Crippen LogP contribution in [0.15, 0.2) is 36.7 Å². The standard InChI is InChI=1S/C15H18N4/c16-15-12-4-2-1-3-11(12)9-13(15)19-8-7-18-6-5-17-14(18)10-19/h1-6,13,15H,7-10,16H2. The number of benzene rings is 1. The van der Waals surface area contributed by atoms with Crippen molar-refractivity contribution in [2.75, 3.05) is 6.54 Å². The first-order chi connectivity index (χ1) is 9.33. The molecule has 0 saturated carbocycles. The van der Waals surface area contributed by atoms with Crippen LogP contribution < -0.4 is 5.73 Å². The summed E-state index contributed by atoms with van der Waals surface area (Å²) < 4.78 is 2.24. The lowest BCUT2D eigenvalue weighted by Gasteiger charge is -2.34. The smallest absolute Gasteiger partial charge is 0.122 e. The lowest BCUT2D eigenvalue weighted by Crippen LogP contribution is -2.45. The summed E-state index contributed by atoms with van der Waals surface area (Å²) in [6.45, 7) is 3.00. The molecule has 2 N–H and O–H groups in total. The molecule has 2 heterocycles.